The highest BCUT2D eigenvalue weighted by atomic mass is 14.6. The minimum Gasteiger partial charge on any atom is -0.324 e. The lowest BCUT2D eigenvalue weighted by atomic mass is 9.49. The molecule has 4 rings (SSSR count). The summed E-state index contributed by atoms with van der Waals surface area (Å²) in [5.74, 6) is 3.09. The predicted molar refractivity (Wildman–Crippen MR) is 72.5 cm³/mol. The monoisotopic (exact) mass is 231 g/mol. The highest BCUT2D eigenvalue weighted by Crippen LogP contribution is 2.60. The van der Waals surface area contributed by atoms with Crippen LogP contribution in [-0.4, -0.2) is 6.04 Å². The van der Waals surface area contributed by atoms with E-state index in [0.29, 0.717) is 5.41 Å². The fraction of sp³-hybridized carbons (Fsp3) is 0.750. The van der Waals surface area contributed by atoms with Crippen molar-refractivity contribution in [1.82, 2.24) is 0 Å². The number of hydrogen-bond acceptors (Lipinski definition) is 1. The first kappa shape index (κ1) is 11.5. The molecular weight excluding hydrogens is 206 g/mol. The molecule has 0 radical (unpaired) electrons. The topological polar surface area (TPSA) is 26.0 Å². The van der Waals surface area contributed by atoms with E-state index >= 15 is 0 Å². The summed E-state index contributed by atoms with van der Waals surface area (Å²) in [5.41, 5.74) is 6.59. The van der Waals surface area contributed by atoms with Gasteiger partial charge in [0, 0.05) is 6.04 Å². The van der Waals surface area contributed by atoms with Crippen LogP contribution in [0, 0.1) is 23.2 Å². The smallest absolute Gasteiger partial charge is 0.0258 e. The molecule has 4 aliphatic rings. The Labute approximate surface area is 105 Å². The molecule has 1 nitrogen and oxygen atoms in total. The first-order valence-electron chi connectivity index (χ1n) is 7.25. The Hall–Kier alpha value is -0.560. The zero-order valence-electron chi connectivity index (χ0n) is 10.8. The zero-order chi connectivity index (χ0) is 11.9. The molecule has 0 aromatic rings. The average molecular weight is 231 g/mol. The molecule has 0 aliphatic heterocycles. The summed E-state index contributed by atoms with van der Waals surface area (Å²) in [5, 5.41) is 0. The Balaban J connectivity index is 1.71. The second-order valence-electron chi connectivity index (χ2n) is 6.83. The average Bonchev–Trinajstić information content (AvgIpc) is 2.25. The third-order valence-electron chi connectivity index (χ3n) is 5.22. The van der Waals surface area contributed by atoms with Crippen molar-refractivity contribution in [2.45, 2.75) is 51.0 Å². The van der Waals surface area contributed by atoms with E-state index in [9.17, 15) is 0 Å². The van der Waals surface area contributed by atoms with E-state index in [1.165, 1.54) is 38.5 Å². The van der Waals surface area contributed by atoms with Gasteiger partial charge in [-0.1, -0.05) is 18.2 Å². The molecule has 4 aliphatic carbocycles. The number of hydrogen-bond donors (Lipinski definition) is 1. The summed E-state index contributed by atoms with van der Waals surface area (Å²) in [6.07, 6.45) is 16.5. The van der Waals surface area contributed by atoms with Gasteiger partial charge < -0.3 is 5.73 Å². The van der Waals surface area contributed by atoms with Gasteiger partial charge in [-0.25, -0.2) is 0 Å². The fourth-order valence-corrected chi connectivity index (χ4v) is 4.98. The molecule has 0 heterocycles. The molecular formula is C16H25N. The van der Waals surface area contributed by atoms with Gasteiger partial charge in [0.1, 0.15) is 0 Å². The van der Waals surface area contributed by atoms with Crippen LogP contribution in [0.25, 0.3) is 0 Å². The maximum atomic E-state index is 6.06. The second-order valence-corrected chi connectivity index (χ2v) is 6.83. The molecule has 2 N–H and O–H groups in total. The van der Waals surface area contributed by atoms with E-state index in [4.69, 9.17) is 5.73 Å². The lowest BCUT2D eigenvalue weighted by molar-refractivity contribution is -0.0239. The van der Waals surface area contributed by atoms with Gasteiger partial charge in [-0.15, -0.1) is 6.58 Å². The third kappa shape index (κ3) is 2.22. The van der Waals surface area contributed by atoms with Crippen LogP contribution in [0.5, 0.6) is 0 Å². The first-order chi connectivity index (χ1) is 8.19. The summed E-state index contributed by atoms with van der Waals surface area (Å²) in [4.78, 5) is 0. The SMILES string of the molecule is C=CCC(N)/C=C/C12CC3CC(CC(C3)C1)C2. The largest absolute Gasteiger partial charge is 0.324 e. The van der Waals surface area contributed by atoms with Crippen LogP contribution >= 0.6 is 0 Å². The number of allylic oxidation sites excluding steroid dienone is 1. The third-order valence-corrected chi connectivity index (χ3v) is 5.22. The summed E-state index contributed by atoms with van der Waals surface area (Å²) in [7, 11) is 0. The van der Waals surface area contributed by atoms with Crippen LogP contribution in [0.2, 0.25) is 0 Å². The van der Waals surface area contributed by atoms with Gasteiger partial charge in [-0.2, -0.15) is 0 Å². The van der Waals surface area contributed by atoms with E-state index in [-0.39, 0.29) is 6.04 Å². The highest BCUT2D eigenvalue weighted by molar-refractivity contribution is 5.12. The molecule has 0 amide bonds. The Kier molecular flexibility index (Phi) is 2.90. The van der Waals surface area contributed by atoms with Crippen molar-refractivity contribution in [1.29, 1.82) is 0 Å². The molecule has 4 saturated carbocycles. The summed E-state index contributed by atoms with van der Waals surface area (Å²) >= 11 is 0. The molecule has 0 saturated heterocycles. The molecule has 4 bridgehead atoms. The van der Waals surface area contributed by atoms with E-state index < -0.39 is 0 Å². The molecule has 0 aromatic heterocycles. The second kappa shape index (κ2) is 4.28. The van der Waals surface area contributed by atoms with E-state index in [2.05, 4.69) is 18.7 Å². The molecule has 94 valence electrons. The number of rotatable bonds is 4. The minimum atomic E-state index is 0.181. The summed E-state index contributed by atoms with van der Waals surface area (Å²) < 4.78 is 0. The molecule has 17 heavy (non-hydrogen) atoms. The number of nitrogens with two attached hydrogens (primary N) is 1. The van der Waals surface area contributed by atoms with Crippen molar-refractivity contribution in [3.8, 4) is 0 Å². The lowest BCUT2D eigenvalue weighted by Gasteiger charge is -2.56. The van der Waals surface area contributed by atoms with Crippen molar-refractivity contribution in [2.24, 2.45) is 28.9 Å². The van der Waals surface area contributed by atoms with E-state index in [0.717, 1.165) is 24.2 Å². The van der Waals surface area contributed by atoms with Gasteiger partial charge in [0.05, 0.1) is 0 Å². The molecule has 0 aromatic carbocycles. The normalized spacial score (nSPS) is 45.4. The molecule has 1 unspecified atom stereocenters. The fourth-order valence-electron chi connectivity index (χ4n) is 4.98. The van der Waals surface area contributed by atoms with Gasteiger partial charge in [-0.05, 0) is 68.1 Å². The molecule has 1 heteroatoms. The summed E-state index contributed by atoms with van der Waals surface area (Å²) in [6.45, 7) is 3.76. The van der Waals surface area contributed by atoms with Crippen molar-refractivity contribution in [3.63, 3.8) is 0 Å². The van der Waals surface area contributed by atoms with Crippen LogP contribution in [0.3, 0.4) is 0 Å². The van der Waals surface area contributed by atoms with Crippen molar-refractivity contribution < 1.29 is 0 Å². The van der Waals surface area contributed by atoms with Crippen molar-refractivity contribution >= 4 is 0 Å². The van der Waals surface area contributed by atoms with Crippen LogP contribution in [0.4, 0.5) is 0 Å². The van der Waals surface area contributed by atoms with Gasteiger partial charge in [-0.3, -0.25) is 0 Å². The van der Waals surface area contributed by atoms with Crippen LogP contribution < -0.4 is 5.73 Å². The predicted octanol–water partition coefficient (Wildman–Crippen LogP) is 3.66. The maximum absolute atomic E-state index is 6.06. The van der Waals surface area contributed by atoms with Gasteiger partial charge in [0.25, 0.3) is 0 Å². The molecule has 0 spiro atoms. The standard InChI is InChI=1S/C16H25N/c1-2-3-15(17)4-5-16-9-12-6-13(10-16)8-14(7-12)11-16/h2,4-5,12-15H,1,3,6-11,17H2/b5-4+. The Morgan fingerprint density at radius 3 is 2.12 bits per heavy atom. The van der Waals surface area contributed by atoms with Gasteiger partial charge in [0.15, 0.2) is 0 Å². The Bertz CT molecular complexity index is 293. The molecule has 4 fully saturated rings. The maximum Gasteiger partial charge on any atom is 0.0258 e. The van der Waals surface area contributed by atoms with E-state index in [1.54, 1.807) is 0 Å². The molecule has 1 atom stereocenters. The van der Waals surface area contributed by atoms with Crippen LogP contribution in [-0.2, 0) is 0 Å². The quantitative estimate of drug-likeness (QED) is 0.734. The first-order valence-corrected chi connectivity index (χ1v) is 7.25. The minimum absolute atomic E-state index is 0.181. The summed E-state index contributed by atoms with van der Waals surface area (Å²) in [6, 6.07) is 0.181. The van der Waals surface area contributed by atoms with Crippen LogP contribution in [0.15, 0.2) is 24.8 Å². The van der Waals surface area contributed by atoms with Crippen LogP contribution in [0.1, 0.15) is 44.9 Å². The highest BCUT2D eigenvalue weighted by Gasteiger charge is 2.49. The van der Waals surface area contributed by atoms with Crippen molar-refractivity contribution in [2.75, 3.05) is 0 Å². The zero-order valence-corrected chi connectivity index (χ0v) is 10.8. The van der Waals surface area contributed by atoms with Gasteiger partial charge >= 0.3 is 0 Å². The Morgan fingerprint density at radius 1 is 1.12 bits per heavy atom. The van der Waals surface area contributed by atoms with E-state index in [1.807, 2.05) is 6.08 Å². The van der Waals surface area contributed by atoms with Gasteiger partial charge in [0.2, 0.25) is 0 Å². The van der Waals surface area contributed by atoms with Crippen molar-refractivity contribution in [3.05, 3.63) is 24.8 Å². The Morgan fingerprint density at radius 2 is 1.65 bits per heavy atom. The lowest BCUT2D eigenvalue weighted by Crippen LogP contribution is -2.45.